The summed E-state index contributed by atoms with van der Waals surface area (Å²) in [6.45, 7) is 7.56. The summed E-state index contributed by atoms with van der Waals surface area (Å²) in [6.07, 6.45) is -0.201. The van der Waals surface area contributed by atoms with Gasteiger partial charge in [0, 0.05) is 12.1 Å². The molecule has 25 heavy (non-hydrogen) atoms. The Morgan fingerprint density at radius 2 is 1.88 bits per heavy atom. The monoisotopic (exact) mass is 342 g/mol. The molecule has 0 aliphatic carbocycles. The van der Waals surface area contributed by atoms with Gasteiger partial charge in [-0.2, -0.15) is 0 Å². The molecule has 1 amide bonds. The van der Waals surface area contributed by atoms with Crippen LogP contribution in [0.3, 0.4) is 0 Å². The highest BCUT2D eigenvalue weighted by Gasteiger charge is 2.21. The van der Waals surface area contributed by atoms with Crippen LogP contribution in [0.5, 0.6) is 5.75 Å². The van der Waals surface area contributed by atoms with Gasteiger partial charge in [-0.05, 0) is 44.4 Å². The molecule has 0 spiro atoms. The summed E-state index contributed by atoms with van der Waals surface area (Å²) in [4.78, 5) is 23.0. The van der Waals surface area contributed by atoms with Crippen molar-refractivity contribution in [3.8, 4) is 5.75 Å². The molecule has 1 N–H and O–H groups in total. The van der Waals surface area contributed by atoms with E-state index in [4.69, 9.17) is 4.74 Å². The van der Waals surface area contributed by atoms with Crippen molar-refractivity contribution in [1.82, 2.24) is 0 Å². The number of nitro groups is 1. The number of anilines is 1. The van der Waals surface area contributed by atoms with Crippen LogP contribution in [0.15, 0.2) is 36.4 Å². The molecule has 0 saturated carbocycles. The van der Waals surface area contributed by atoms with Gasteiger partial charge in [-0.25, -0.2) is 0 Å². The zero-order valence-electron chi connectivity index (χ0n) is 14.8. The van der Waals surface area contributed by atoms with Crippen LogP contribution < -0.4 is 10.1 Å². The van der Waals surface area contributed by atoms with E-state index in [1.165, 1.54) is 12.1 Å². The highest BCUT2D eigenvalue weighted by Crippen LogP contribution is 2.24. The second-order valence-electron chi connectivity index (χ2n) is 6.03. The van der Waals surface area contributed by atoms with E-state index in [9.17, 15) is 14.9 Å². The van der Waals surface area contributed by atoms with E-state index in [1.54, 1.807) is 13.0 Å². The van der Waals surface area contributed by atoms with E-state index < -0.39 is 11.0 Å². The summed E-state index contributed by atoms with van der Waals surface area (Å²) < 4.78 is 5.86. The van der Waals surface area contributed by atoms with Gasteiger partial charge < -0.3 is 10.1 Å². The number of non-ortho nitro benzene ring substituents is 1. The van der Waals surface area contributed by atoms with Crippen LogP contribution in [0, 0.1) is 30.9 Å². The summed E-state index contributed by atoms with van der Waals surface area (Å²) >= 11 is 0. The Morgan fingerprint density at radius 3 is 2.48 bits per heavy atom. The number of amides is 1. The Labute approximate surface area is 147 Å². The van der Waals surface area contributed by atoms with E-state index in [2.05, 4.69) is 5.32 Å². The molecule has 0 fully saturated rings. The third-order valence-corrected chi connectivity index (χ3v) is 3.95. The van der Waals surface area contributed by atoms with E-state index in [0.29, 0.717) is 17.9 Å². The first-order valence-electron chi connectivity index (χ1n) is 8.11. The first-order chi connectivity index (χ1) is 11.8. The van der Waals surface area contributed by atoms with Gasteiger partial charge in [0.15, 0.2) is 6.10 Å². The molecular formula is C19H22N2O4. The largest absolute Gasteiger partial charge is 0.480 e. The number of benzene rings is 2. The van der Waals surface area contributed by atoms with Gasteiger partial charge in [-0.3, -0.25) is 14.9 Å². The lowest BCUT2D eigenvalue weighted by atomic mass is 10.1. The van der Waals surface area contributed by atoms with Gasteiger partial charge in [0.05, 0.1) is 10.6 Å². The number of nitrogens with one attached hydrogen (secondary N) is 1. The summed E-state index contributed by atoms with van der Waals surface area (Å²) in [5.41, 5.74) is 3.18. The van der Waals surface area contributed by atoms with E-state index in [0.717, 1.165) is 16.7 Å². The van der Waals surface area contributed by atoms with Crippen LogP contribution in [0.2, 0.25) is 0 Å². The minimum atomic E-state index is -0.680. The van der Waals surface area contributed by atoms with Crippen LogP contribution in [-0.2, 0) is 4.79 Å². The summed E-state index contributed by atoms with van der Waals surface area (Å²) in [5.74, 6) is 0.328. The fraction of sp³-hybridized carbons (Fsp3) is 0.316. The topological polar surface area (TPSA) is 81.5 Å². The van der Waals surface area contributed by atoms with Gasteiger partial charge in [0.2, 0.25) is 0 Å². The van der Waals surface area contributed by atoms with Crippen molar-refractivity contribution in [3.05, 3.63) is 63.2 Å². The van der Waals surface area contributed by atoms with Crippen molar-refractivity contribution < 1.29 is 14.5 Å². The van der Waals surface area contributed by atoms with Gasteiger partial charge in [0.1, 0.15) is 5.75 Å². The molecule has 0 saturated heterocycles. The van der Waals surface area contributed by atoms with Gasteiger partial charge in [-0.1, -0.05) is 30.7 Å². The minimum absolute atomic E-state index is 0.0655. The van der Waals surface area contributed by atoms with Crippen LogP contribution in [0.4, 0.5) is 11.4 Å². The Hall–Kier alpha value is -2.89. The Bertz CT molecular complexity index is 802. The van der Waals surface area contributed by atoms with Gasteiger partial charge >= 0.3 is 0 Å². The van der Waals surface area contributed by atoms with Crippen LogP contribution in [-0.4, -0.2) is 16.9 Å². The first-order valence-corrected chi connectivity index (χ1v) is 8.11. The average molecular weight is 342 g/mol. The maximum Gasteiger partial charge on any atom is 0.271 e. The minimum Gasteiger partial charge on any atom is -0.480 e. The Morgan fingerprint density at radius 1 is 1.16 bits per heavy atom. The molecule has 0 bridgehead atoms. The number of nitro benzene ring substituents is 1. The van der Waals surface area contributed by atoms with Crippen molar-refractivity contribution in [3.63, 3.8) is 0 Å². The van der Waals surface area contributed by atoms with Crippen molar-refractivity contribution in [2.45, 2.75) is 40.2 Å². The fourth-order valence-corrected chi connectivity index (χ4v) is 2.48. The predicted molar refractivity (Wildman–Crippen MR) is 97.1 cm³/mol. The number of carbonyl (C=O) groups is 1. The van der Waals surface area contributed by atoms with E-state index in [1.807, 2.05) is 39.0 Å². The number of hydrogen-bond donors (Lipinski definition) is 1. The summed E-state index contributed by atoms with van der Waals surface area (Å²) in [5, 5.41) is 13.7. The van der Waals surface area contributed by atoms with E-state index >= 15 is 0 Å². The van der Waals surface area contributed by atoms with Crippen LogP contribution in [0.1, 0.15) is 30.0 Å². The lowest BCUT2D eigenvalue weighted by Gasteiger charge is -2.19. The van der Waals surface area contributed by atoms with Crippen molar-refractivity contribution in [1.29, 1.82) is 0 Å². The Balaban J connectivity index is 2.17. The molecule has 0 aliphatic rings. The molecule has 6 heteroatoms. The molecule has 1 atom stereocenters. The number of rotatable bonds is 6. The molecule has 6 nitrogen and oxygen atoms in total. The molecule has 0 aliphatic heterocycles. The second kappa shape index (κ2) is 7.79. The first kappa shape index (κ1) is 18.4. The van der Waals surface area contributed by atoms with Crippen molar-refractivity contribution in [2.75, 3.05) is 5.32 Å². The van der Waals surface area contributed by atoms with E-state index in [-0.39, 0.29) is 11.6 Å². The van der Waals surface area contributed by atoms with Crippen LogP contribution >= 0.6 is 0 Å². The number of ether oxygens (including phenoxy) is 1. The zero-order valence-corrected chi connectivity index (χ0v) is 14.8. The standard InChI is InChI=1S/C19H22N2O4/c1-5-17(25-18-9-6-12(2)10-14(18)4)19(22)20-16-11-15(21(23)24)8-7-13(16)3/h6-11,17H,5H2,1-4H3,(H,20,22). The van der Waals surface area contributed by atoms with Crippen LogP contribution in [0.25, 0.3) is 0 Å². The quantitative estimate of drug-likeness (QED) is 0.626. The number of aryl methyl sites for hydroxylation is 3. The third kappa shape index (κ3) is 4.56. The molecule has 0 heterocycles. The molecular weight excluding hydrogens is 320 g/mol. The normalized spacial score (nSPS) is 11.7. The fourth-order valence-electron chi connectivity index (χ4n) is 2.48. The maximum absolute atomic E-state index is 12.6. The molecule has 1 unspecified atom stereocenters. The second-order valence-corrected chi connectivity index (χ2v) is 6.03. The summed E-state index contributed by atoms with van der Waals surface area (Å²) in [6, 6.07) is 10.1. The molecule has 0 aromatic heterocycles. The SMILES string of the molecule is CCC(Oc1ccc(C)cc1C)C(=O)Nc1cc([N+](=O)[O-])ccc1C. The third-order valence-electron chi connectivity index (χ3n) is 3.95. The number of hydrogen-bond acceptors (Lipinski definition) is 4. The highest BCUT2D eigenvalue weighted by molar-refractivity contribution is 5.95. The molecule has 2 aromatic carbocycles. The van der Waals surface area contributed by atoms with Crippen molar-refractivity contribution >= 4 is 17.3 Å². The average Bonchev–Trinajstić information content (AvgIpc) is 2.55. The lowest BCUT2D eigenvalue weighted by molar-refractivity contribution is -0.384. The Kier molecular flexibility index (Phi) is 5.75. The highest BCUT2D eigenvalue weighted by atomic mass is 16.6. The molecule has 132 valence electrons. The molecule has 2 aromatic rings. The molecule has 2 rings (SSSR count). The lowest BCUT2D eigenvalue weighted by Crippen LogP contribution is -2.32. The van der Waals surface area contributed by atoms with Gasteiger partial charge in [0.25, 0.3) is 11.6 Å². The molecule has 0 radical (unpaired) electrons. The van der Waals surface area contributed by atoms with Gasteiger partial charge in [-0.15, -0.1) is 0 Å². The number of nitrogens with zero attached hydrogens (tertiary/aromatic N) is 1. The smallest absolute Gasteiger partial charge is 0.271 e. The zero-order chi connectivity index (χ0) is 18.6. The van der Waals surface area contributed by atoms with Crippen molar-refractivity contribution in [2.24, 2.45) is 0 Å². The predicted octanol–water partition coefficient (Wildman–Crippen LogP) is 4.32. The summed E-state index contributed by atoms with van der Waals surface area (Å²) in [7, 11) is 0. The maximum atomic E-state index is 12.6. The number of carbonyl (C=O) groups excluding carboxylic acids is 1.